The Bertz CT molecular complexity index is 597. The predicted octanol–water partition coefficient (Wildman–Crippen LogP) is 1.80. The van der Waals surface area contributed by atoms with Gasteiger partial charge in [-0.1, -0.05) is 30.3 Å². The van der Waals surface area contributed by atoms with Crippen LogP contribution >= 0.6 is 0 Å². The summed E-state index contributed by atoms with van der Waals surface area (Å²) < 4.78 is 0. The maximum atomic E-state index is 11.8. The molecule has 0 radical (unpaired) electrons. The van der Waals surface area contributed by atoms with Gasteiger partial charge < -0.3 is 15.3 Å². The van der Waals surface area contributed by atoms with Crippen LogP contribution in [0.15, 0.2) is 48.7 Å². The van der Waals surface area contributed by atoms with Crippen LogP contribution in [-0.2, 0) is 6.42 Å². The molecule has 0 aliphatic heterocycles. The molecule has 5 heteroatoms. The first-order valence-corrected chi connectivity index (χ1v) is 7.19. The Balaban J connectivity index is 2.01. The number of carbonyl (C=O) groups is 1. The minimum Gasteiger partial charge on any atom is -0.394 e. The van der Waals surface area contributed by atoms with E-state index in [2.05, 4.69) is 10.3 Å². The van der Waals surface area contributed by atoms with Crippen molar-refractivity contribution in [3.8, 4) is 0 Å². The Morgan fingerprint density at radius 1 is 1.23 bits per heavy atom. The fraction of sp³-hybridized carbons (Fsp3) is 0.294. The van der Waals surface area contributed by atoms with Gasteiger partial charge in [-0.25, -0.2) is 4.98 Å². The number of hydrogen-bond donors (Lipinski definition) is 2. The summed E-state index contributed by atoms with van der Waals surface area (Å²) in [6, 6.07) is 13.3. The molecule has 1 unspecified atom stereocenters. The third-order valence-corrected chi connectivity index (χ3v) is 3.31. The van der Waals surface area contributed by atoms with Crippen molar-refractivity contribution in [3.63, 3.8) is 0 Å². The molecule has 0 aliphatic carbocycles. The Kier molecular flexibility index (Phi) is 5.49. The third-order valence-electron chi connectivity index (χ3n) is 3.31. The highest BCUT2D eigenvalue weighted by atomic mass is 16.3. The number of amides is 1. The molecule has 1 amide bonds. The zero-order valence-electron chi connectivity index (χ0n) is 12.9. The highest BCUT2D eigenvalue weighted by Gasteiger charge is 2.11. The molecule has 1 aromatic carbocycles. The first-order valence-electron chi connectivity index (χ1n) is 7.19. The molecule has 2 aromatic rings. The molecule has 2 rings (SSSR count). The number of nitrogens with one attached hydrogen (secondary N) is 1. The number of aliphatic hydroxyl groups is 1. The van der Waals surface area contributed by atoms with E-state index in [0.29, 0.717) is 17.8 Å². The van der Waals surface area contributed by atoms with Crippen molar-refractivity contribution < 1.29 is 9.90 Å². The molecule has 116 valence electrons. The lowest BCUT2D eigenvalue weighted by Crippen LogP contribution is -2.27. The topological polar surface area (TPSA) is 65.5 Å². The fourth-order valence-electron chi connectivity index (χ4n) is 2.13. The Morgan fingerprint density at radius 3 is 2.50 bits per heavy atom. The van der Waals surface area contributed by atoms with Crippen molar-refractivity contribution in [2.75, 3.05) is 26.0 Å². The van der Waals surface area contributed by atoms with Crippen LogP contribution in [0.1, 0.15) is 15.9 Å². The maximum absolute atomic E-state index is 11.8. The normalized spacial score (nSPS) is 11.8. The van der Waals surface area contributed by atoms with E-state index in [0.717, 1.165) is 5.56 Å². The van der Waals surface area contributed by atoms with E-state index in [-0.39, 0.29) is 18.6 Å². The molecule has 0 spiro atoms. The van der Waals surface area contributed by atoms with Crippen molar-refractivity contribution in [3.05, 3.63) is 59.8 Å². The van der Waals surface area contributed by atoms with Gasteiger partial charge in [0.1, 0.15) is 5.82 Å². The van der Waals surface area contributed by atoms with E-state index in [1.54, 1.807) is 32.4 Å². The SMILES string of the molecule is CN(C)C(=O)c1ccc(NC(CO)Cc2ccccc2)nc1. The van der Waals surface area contributed by atoms with Crippen molar-refractivity contribution in [1.82, 2.24) is 9.88 Å². The van der Waals surface area contributed by atoms with Crippen LogP contribution in [0.2, 0.25) is 0 Å². The first-order chi connectivity index (χ1) is 10.6. The molecular formula is C17H21N3O2. The zero-order valence-corrected chi connectivity index (χ0v) is 12.9. The molecule has 1 aromatic heterocycles. The largest absolute Gasteiger partial charge is 0.394 e. The molecule has 1 atom stereocenters. The van der Waals surface area contributed by atoms with Gasteiger partial charge in [-0.15, -0.1) is 0 Å². The summed E-state index contributed by atoms with van der Waals surface area (Å²) in [6.45, 7) is 0.00888. The Hall–Kier alpha value is -2.40. The number of aromatic nitrogens is 1. The standard InChI is InChI=1S/C17H21N3O2/c1-20(2)17(22)14-8-9-16(18-11-14)19-15(12-21)10-13-6-4-3-5-7-13/h3-9,11,15,21H,10,12H2,1-2H3,(H,18,19). The smallest absolute Gasteiger partial charge is 0.254 e. The number of anilines is 1. The number of hydrogen-bond acceptors (Lipinski definition) is 4. The first kappa shape index (κ1) is 16.0. The van der Waals surface area contributed by atoms with Gasteiger partial charge in [-0.2, -0.15) is 0 Å². The summed E-state index contributed by atoms with van der Waals surface area (Å²) in [6.07, 6.45) is 2.25. The number of benzene rings is 1. The van der Waals surface area contributed by atoms with Crippen LogP contribution in [-0.4, -0.2) is 47.6 Å². The third kappa shape index (κ3) is 4.30. The number of rotatable bonds is 6. The van der Waals surface area contributed by atoms with E-state index in [1.807, 2.05) is 30.3 Å². The van der Waals surface area contributed by atoms with Gasteiger partial charge in [0, 0.05) is 20.3 Å². The average Bonchev–Trinajstić information content (AvgIpc) is 2.55. The van der Waals surface area contributed by atoms with Crippen LogP contribution in [0.25, 0.3) is 0 Å². The van der Waals surface area contributed by atoms with E-state index >= 15 is 0 Å². The monoisotopic (exact) mass is 299 g/mol. The van der Waals surface area contributed by atoms with Gasteiger partial charge in [0.15, 0.2) is 0 Å². The zero-order chi connectivity index (χ0) is 15.9. The summed E-state index contributed by atoms with van der Waals surface area (Å²) in [5, 5.41) is 12.7. The minimum atomic E-state index is -0.120. The van der Waals surface area contributed by atoms with E-state index < -0.39 is 0 Å². The summed E-state index contributed by atoms with van der Waals surface area (Å²) in [5.41, 5.74) is 1.69. The van der Waals surface area contributed by atoms with Gasteiger partial charge in [0.2, 0.25) is 0 Å². The van der Waals surface area contributed by atoms with Gasteiger partial charge in [-0.05, 0) is 24.1 Å². The summed E-state index contributed by atoms with van der Waals surface area (Å²) in [4.78, 5) is 17.6. The number of aliphatic hydroxyl groups excluding tert-OH is 1. The van der Waals surface area contributed by atoms with Crippen LogP contribution in [0, 0.1) is 0 Å². The van der Waals surface area contributed by atoms with Crippen molar-refractivity contribution in [2.24, 2.45) is 0 Å². The van der Waals surface area contributed by atoms with Gasteiger partial charge in [-0.3, -0.25) is 4.79 Å². The quantitative estimate of drug-likeness (QED) is 0.853. The van der Waals surface area contributed by atoms with Crippen LogP contribution in [0.3, 0.4) is 0 Å². The lowest BCUT2D eigenvalue weighted by atomic mass is 10.1. The molecule has 0 bridgehead atoms. The lowest BCUT2D eigenvalue weighted by molar-refractivity contribution is 0.0827. The van der Waals surface area contributed by atoms with E-state index in [1.165, 1.54) is 4.90 Å². The molecule has 22 heavy (non-hydrogen) atoms. The van der Waals surface area contributed by atoms with E-state index in [9.17, 15) is 9.90 Å². The molecular weight excluding hydrogens is 278 g/mol. The second-order valence-electron chi connectivity index (χ2n) is 5.35. The van der Waals surface area contributed by atoms with E-state index in [4.69, 9.17) is 0 Å². The Morgan fingerprint density at radius 2 is 1.95 bits per heavy atom. The lowest BCUT2D eigenvalue weighted by Gasteiger charge is -2.17. The van der Waals surface area contributed by atoms with Crippen molar-refractivity contribution in [2.45, 2.75) is 12.5 Å². The molecule has 0 saturated heterocycles. The molecule has 1 heterocycles. The summed E-state index contributed by atoms with van der Waals surface area (Å²) >= 11 is 0. The summed E-state index contributed by atoms with van der Waals surface area (Å²) in [7, 11) is 3.41. The molecule has 0 saturated carbocycles. The molecule has 2 N–H and O–H groups in total. The van der Waals surface area contributed by atoms with Crippen LogP contribution in [0.5, 0.6) is 0 Å². The van der Waals surface area contributed by atoms with Gasteiger partial charge in [0.05, 0.1) is 18.2 Å². The summed E-state index contributed by atoms with van der Waals surface area (Å²) in [5.74, 6) is 0.562. The number of carbonyl (C=O) groups excluding carboxylic acids is 1. The second-order valence-corrected chi connectivity index (χ2v) is 5.35. The van der Waals surface area contributed by atoms with Gasteiger partial charge >= 0.3 is 0 Å². The van der Waals surface area contributed by atoms with Gasteiger partial charge in [0.25, 0.3) is 5.91 Å². The van der Waals surface area contributed by atoms with Crippen molar-refractivity contribution >= 4 is 11.7 Å². The minimum absolute atomic E-state index is 0.00888. The second kappa shape index (κ2) is 7.56. The Labute approximate surface area is 130 Å². The predicted molar refractivity (Wildman–Crippen MR) is 86.9 cm³/mol. The van der Waals surface area contributed by atoms with Crippen molar-refractivity contribution in [1.29, 1.82) is 0 Å². The molecule has 0 fully saturated rings. The molecule has 5 nitrogen and oxygen atoms in total. The average molecular weight is 299 g/mol. The number of nitrogens with zero attached hydrogens (tertiary/aromatic N) is 2. The molecule has 0 aliphatic rings. The fourth-order valence-corrected chi connectivity index (χ4v) is 2.13. The maximum Gasteiger partial charge on any atom is 0.254 e. The highest BCUT2D eigenvalue weighted by Crippen LogP contribution is 2.11. The highest BCUT2D eigenvalue weighted by molar-refractivity contribution is 5.93. The van der Waals surface area contributed by atoms with Crippen LogP contribution in [0.4, 0.5) is 5.82 Å². The van der Waals surface area contributed by atoms with Crippen LogP contribution < -0.4 is 5.32 Å². The number of pyridine rings is 1.